The third-order valence-electron chi connectivity index (χ3n) is 2.77. The molecule has 0 fully saturated rings. The SMILES string of the molecule is CC(C)P1C=C(c2ccccc2)CC1. The lowest BCUT2D eigenvalue weighted by Crippen LogP contribution is -1.89. The van der Waals surface area contributed by atoms with Crippen molar-refractivity contribution < 1.29 is 0 Å². The van der Waals surface area contributed by atoms with Crippen LogP contribution >= 0.6 is 7.92 Å². The molecule has 0 saturated carbocycles. The molecule has 0 radical (unpaired) electrons. The van der Waals surface area contributed by atoms with E-state index >= 15 is 0 Å². The van der Waals surface area contributed by atoms with Crippen LogP contribution in [0.25, 0.3) is 5.57 Å². The highest BCUT2D eigenvalue weighted by Crippen LogP contribution is 2.51. The molecule has 1 aliphatic heterocycles. The number of allylic oxidation sites excluding steroid dienone is 1. The number of hydrogen-bond acceptors (Lipinski definition) is 0. The summed E-state index contributed by atoms with van der Waals surface area (Å²) in [4.78, 5) is 0. The first-order chi connectivity index (χ1) is 6.77. The molecule has 1 aliphatic rings. The van der Waals surface area contributed by atoms with Crippen LogP contribution < -0.4 is 0 Å². The quantitative estimate of drug-likeness (QED) is 0.629. The largest absolute Gasteiger partial charge is 0.0800 e. The molecule has 0 nitrogen and oxygen atoms in total. The second kappa shape index (κ2) is 4.28. The molecule has 1 aromatic rings. The van der Waals surface area contributed by atoms with Gasteiger partial charge in [0.15, 0.2) is 0 Å². The molecule has 1 aromatic carbocycles. The predicted molar refractivity (Wildman–Crippen MR) is 66.0 cm³/mol. The van der Waals surface area contributed by atoms with Crippen molar-refractivity contribution in [1.29, 1.82) is 0 Å². The van der Waals surface area contributed by atoms with Crippen LogP contribution in [0.2, 0.25) is 0 Å². The van der Waals surface area contributed by atoms with Gasteiger partial charge >= 0.3 is 0 Å². The summed E-state index contributed by atoms with van der Waals surface area (Å²) in [6.45, 7) is 4.69. The van der Waals surface area contributed by atoms with E-state index in [2.05, 4.69) is 50.0 Å². The first kappa shape index (κ1) is 9.93. The number of hydrogen-bond donors (Lipinski definition) is 0. The molecule has 0 saturated heterocycles. The van der Waals surface area contributed by atoms with Gasteiger partial charge in [0.05, 0.1) is 0 Å². The Kier molecular flexibility index (Phi) is 3.03. The molecule has 0 spiro atoms. The van der Waals surface area contributed by atoms with Gasteiger partial charge in [0.1, 0.15) is 0 Å². The van der Waals surface area contributed by atoms with Crippen molar-refractivity contribution in [3.05, 3.63) is 41.7 Å². The van der Waals surface area contributed by atoms with Gasteiger partial charge in [-0.1, -0.05) is 57.9 Å². The van der Waals surface area contributed by atoms with Crippen molar-refractivity contribution in [3.63, 3.8) is 0 Å². The van der Waals surface area contributed by atoms with Crippen LogP contribution in [0.15, 0.2) is 36.1 Å². The summed E-state index contributed by atoms with van der Waals surface area (Å²) in [6.07, 6.45) is 2.69. The normalized spacial score (nSPS) is 21.4. The molecule has 1 atom stereocenters. The summed E-state index contributed by atoms with van der Waals surface area (Å²) < 4.78 is 0. The Balaban J connectivity index is 2.18. The summed E-state index contributed by atoms with van der Waals surface area (Å²) >= 11 is 0. The molecular formula is C13H17P. The Morgan fingerprint density at radius 3 is 2.43 bits per heavy atom. The first-order valence-corrected chi connectivity index (χ1v) is 6.96. The Morgan fingerprint density at radius 1 is 1.14 bits per heavy atom. The first-order valence-electron chi connectivity index (χ1n) is 5.29. The second-order valence-electron chi connectivity index (χ2n) is 4.10. The zero-order valence-electron chi connectivity index (χ0n) is 8.90. The monoisotopic (exact) mass is 204 g/mol. The highest BCUT2D eigenvalue weighted by Gasteiger charge is 2.18. The van der Waals surface area contributed by atoms with Gasteiger partial charge in [0.2, 0.25) is 0 Å². The fourth-order valence-corrected chi connectivity index (χ4v) is 3.98. The average Bonchev–Trinajstić information content (AvgIpc) is 2.68. The molecule has 14 heavy (non-hydrogen) atoms. The van der Waals surface area contributed by atoms with Gasteiger partial charge in [-0.2, -0.15) is 0 Å². The molecule has 74 valence electrons. The van der Waals surface area contributed by atoms with E-state index in [0.29, 0.717) is 0 Å². The number of rotatable bonds is 2. The van der Waals surface area contributed by atoms with Crippen molar-refractivity contribution in [3.8, 4) is 0 Å². The van der Waals surface area contributed by atoms with Crippen LogP contribution in [0, 0.1) is 0 Å². The van der Waals surface area contributed by atoms with Crippen molar-refractivity contribution in [1.82, 2.24) is 0 Å². The van der Waals surface area contributed by atoms with Crippen LogP contribution in [0.5, 0.6) is 0 Å². The average molecular weight is 204 g/mol. The third kappa shape index (κ3) is 2.07. The molecule has 0 aromatic heterocycles. The van der Waals surface area contributed by atoms with Crippen LogP contribution in [0.3, 0.4) is 0 Å². The van der Waals surface area contributed by atoms with E-state index in [-0.39, 0.29) is 7.92 Å². The maximum Gasteiger partial charge on any atom is -0.0224 e. The topological polar surface area (TPSA) is 0 Å². The van der Waals surface area contributed by atoms with Gasteiger partial charge in [-0.25, -0.2) is 0 Å². The van der Waals surface area contributed by atoms with Gasteiger partial charge in [0.25, 0.3) is 0 Å². The van der Waals surface area contributed by atoms with E-state index in [9.17, 15) is 0 Å². The zero-order chi connectivity index (χ0) is 9.97. The Hall–Kier alpha value is -0.610. The lowest BCUT2D eigenvalue weighted by Gasteiger charge is -2.10. The minimum Gasteiger partial charge on any atom is -0.0800 e. The van der Waals surface area contributed by atoms with Crippen LogP contribution in [-0.2, 0) is 0 Å². The van der Waals surface area contributed by atoms with Crippen LogP contribution in [0.1, 0.15) is 25.8 Å². The van der Waals surface area contributed by atoms with Crippen LogP contribution in [-0.4, -0.2) is 11.8 Å². The molecule has 1 unspecified atom stereocenters. The molecule has 0 amide bonds. The van der Waals surface area contributed by atoms with E-state index in [1.165, 1.54) is 18.1 Å². The third-order valence-corrected chi connectivity index (χ3v) is 5.48. The highest BCUT2D eigenvalue weighted by molar-refractivity contribution is 7.62. The molecule has 0 aliphatic carbocycles. The summed E-state index contributed by atoms with van der Waals surface area (Å²) in [5.74, 6) is 2.54. The van der Waals surface area contributed by atoms with Crippen molar-refractivity contribution in [2.24, 2.45) is 0 Å². The second-order valence-corrected chi connectivity index (χ2v) is 6.87. The van der Waals surface area contributed by atoms with E-state index < -0.39 is 0 Å². The Bertz CT molecular complexity index is 324. The predicted octanol–water partition coefficient (Wildman–Crippen LogP) is 4.32. The lowest BCUT2D eigenvalue weighted by atomic mass is 10.1. The fourth-order valence-electron chi connectivity index (χ4n) is 1.86. The summed E-state index contributed by atoms with van der Waals surface area (Å²) in [5, 5.41) is 0. The van der Waals surface area contributed by atoms with Gasteiger partial charge < -0.3 is 0 Å². The summed E-state index contributed by atoms with van der Waals surface area (Å²) in [7, 11) is 0.171. The Labute approximate surface area is 87.8 Å². The van der Waals surface area contributed by atoms with Crippen molar-refractivity contribution in [2.75, 3.05) is 6.16 Å². The van der Waals surface area contributed by atoms with Crippen LogP contribution in [0.4, 0.5) is 0 Å². The standard InChI is InChI=1S/C13H17P/c1-11(2)14-9-8-13(10-14)12-6-4-3-5-7-12/h3-7,10-11H,8-9H2,1-2H3. The minimum absolute atomic E-state index is 0.171. The Morgan fingerprint density at radius 2 is 1.86 bits per heavy atom. The van der Waals surface area contributed by atoms with E-state index in [1.807, 2.05) is 0 Å². The van der Waals surface area contributed by atoms with E-state index in [0.717, 1.165) is 5.66 Å². The fraction of sp³-hybridized carbons (Fsp3) is 0.385. The van der Waals surface area contributed by atoms with Gasteiger partial charge in [0, 0.05) is 0 Å². The molecule has 1 heteroatoms. The maximum absolute atomic E-state index is 2.54. The molecule has 0 N–H and O–H groups in total. The number of benzene rings is 1. The smallest absolute Gasteiger partial charge is 0.0224 e. The summed E-state index contributed by atoms with van der Waals surface area (Å²) in [6, 6.07) is 10.8. The molecular weight excluding hydrogens is 187 g/mol. The van der Waals surface area contributed by atoms with Crippen molar-refractivity contribution >= 4 is 13.5 Å². The van der Waals surface area contributed by atoms with Gasteiger partial charge in [-0.3, -0.25) is 0 Å². The molecule has 1 heterocycles. The van der Waals surface area contributed by atoms with Gasteiger partial charge in [-0.05, 0) is 29.4 Å². The molecule has 0 bridgehead atoms. The highest BCUT2D eigenvalue weighted by atomic mass is 31.1. The zero-order valence-corrected chi connectivity index (χ0v) is 9.80. The van der Waals surface area contributed by atoms with E-state index in [1.54, 1.807) is 5.57 Å². The van der Waals surface area contributed by atoms with Crippen molar-refractivity contribution in [2.45, 2.75) is 25.9 Å². The molecule has 2 rings (SSSR count). The maximum atomic E-state index is 2.54. The summed E-state index contributed by atoms with van der Waals surface area (Å²) in [5.41, 5.74) is 3.86. The minimum atomic E-state index is 0.171. The van der Waals surface area contributed by atoms with E-state index in [4.69, 9.17) is 0 Å². The lowest BCUT2D eigenvalue weighted by molar-refractivity contribution is 1.09. The van der Waals surface area contributed by atoms with Gasteiger partial charge in [-0.15, -0.1) is 0 Å².